The average Bonchev–Trinajstić information content (AvgIpc) is 2.68. The van der Waals surface area contributed by atoms with Crippen molar-refractivity contribution in [3.8, 4) is 0 Å². The van der Waals surface area contributed by atoms with Gasteiger partial charge in [0.05, 0.1) is 0 Å². The van der Waals surface area contributed by atoms with Gasteiger partial charge in [0.15, 0.2) is 0 Å². The second-order valence-electron chi connectivity index (χ2n) is 8.50. The lowest BCUT2D eigenvalue weighted by atomic mass is 9.99. The molecule has 156 valence electrons. The zero-order valence-electron chi connectivity index (χ0n) is 18.0. The van der Waals surface area contributed by atoms with Gasteiger partial charge in [-0.15, -0.1) is 0 Å². The van der Waals surface area contributed by atoms with Crippen molar-refractivity contribution in [3.63, 3.8) is 0 Å². The number of aromatic nitrogens is 2. The van der Waals surface area contributed by atoms with E-state index >= 15 is 0 Å². The van der Waals surface area contributed by atoms with Crippen LogP contribution in [0.5, 0.6) is 0 Å². The van der Waals surface area contributed by atoms with Crippen LogP contribution in [0, 0.1) is 18.8 Å². The highest BCUT2D eigenvalue weighted by Crippen LogP contribution is 2.24. The van der Waals surface area contributed by atoms with Gasteiger partial charge in [0.2, 0.25) is 5.95 Å². The van der Waals surface area contributed by atoms with Crippen molar-refractivity contribution >= 4 is 23.2 Å². The fourth-order valence-electron chi connectivity index (χ4n) is 3.45. The lowest BCUT2D eigenvalue weighted by Gasteiger charge is -2.32. The first-order valence-electron chi connectivity index (χ1n) is 10.7. The SMILES string of the molecule is Cc1cc(C(=O)Nc2ccc(N3CCC(C)CC3)cc2)nc(NCCC(C)C)n1. The number of anilines is 3. The third-order valence-electron chi connectivity index (χ3n) is 5.37. The molecule has 6 nitrogen and oxygen atoms in total. The van der Waals surface area contributed by atoms with Crippen LogP contribution in [0.3, 0.4) is 0 Å². The number of amides is 1. The fourth-order valence-corrected chi connectivity index (χ4v) is 3.45. The minimum atomic E-state index is -0.220. The molecule has 3 rings (SSSR count). The number of benzene rings is 1. The number of carbonyl (C=O) groups is 1. The lowest BCUT2D eigenvalue weighted by molar-refractivity contribution is 0.102. The smallest absolute Gasteiger partial charge is 0.274 e. The summed E-state index contributed by atoms with van der Waals surface area (Å²) in [5, 5.41) is 6.16. The Hall–Kier alpha value is -2.63. The first-order chi connectivity index (χ1) is 13.9. The first kappa shape index (κ1) is 21.1. The highest BCUT2D eigenvalue weighted by molar-refractivity contribution is 6.03. The van der Waals surface area contributed by atoms with E-state index in [1.54, 1.807) is 6.07 Å². The molecule has 1 aliphatic heterocycles. The fraction of sp³-hybridized carbons (Fsp3) is 0.522. The second-order valence-corrected chi connectivity index (χ2v) is 8.50. The van der Waals surface area contributed by atoms with Crippen LogP contribution in [0.1, 0.15) is 56.2 Å². The third-order valence-corrected chi connectivity index (χ3v) is 5.37. The molecule has 2 N–H and O–H groups in total. The number of rotatable bonds is 7. The van der Waals surface area contributed by atoms with Crippen LogP contribution in [0.15, 0.2) is 30.3 Å². The summed E-state index contributed by atoms with van der Waals surface area (Å²) in [7, 11) is 0. The molecule has 1 amide bonds. The highest BCUT2D eigenvalue weighted by Gasteiger charge is 2.16. The van der Waals surface area contributed by atoms with Crippen molar-refractivity contribution in [2.24, 2.45) is 11.8 Å². The van der Waals surface area contributed by atoms with Crippen LogP contribution in [0.2, 0.25) is 0 Å². The van der Waals surface area contributed by atoms with Crippen LogP contribution in [0.4, 0.5) is 17.3 Å². The van der Waals surface area contributed by atoms with E-state index in [9.17, 15) is 4.79 Å². The topological polar surface area (TPSA) is 70.2 Å². The number of piperidine rings is 1. The van der Waals surface area contributed by atoms with Crippen molar-refractivity contribution in [2.45, 2.75) is 47.0 Å². The van der Waals surface area contributed by atoms with E-state index in [-0.39, 0.29) is 5.91 Å². The Morgan fingerprint density at radius 3 is 2.52 bits per heavy atom. The van der Waals surface area contributed by atoms with Gasteiger partial charge >= 0.3 is 0 Å². The maximum Gasteiger partial charge on any atom is 0.274 e. The monoisotopic (exact) mass is 395 g/mol. The summed E-state index contributed by atoms with van der Waals surface area (Å²) in [5.41, 5.74) is 3.13. The molecule has 1 aromatic heterocycles. The van der Waals surface area contributed by atoms with E-state index in [0.29, 0.717) is 17.6 Å². The number of hydrogen-bond acceptors (Lipinski definition) is 5. The first-order valence-corrected chi connectivity index (χ1v) is 10.7. The maximum absolute atomic E-state index is 12.7. The van der Waals surface area contributed by atoms with Gasteiger partial charge in [0, 0.05) is 36.7 Å². The van der Waals surface area contributed by atoms with Gasteiger partial charge in [-0.25, -0.2) is 9.97 Å². The molecule has 1 fully saturated rings. The quantitative estimate of drug-likeness (QED) is 0.709. The summed E-state index contributed by atoms with van der Waals surface area (Å²) in [6.07, 6.45) is 3.50. The molecule has 0 saturated carbocycles. The summed E-state index contributed by atoms with van der Waals surface area (Å²) < 4.78 is 0. The van der Waals surface area contributed by atoms with Gasteiger partial charge < -0.3 is 15.5 Å². The van der Waals surface area contributed by atoms with Crippen molar-refractivity contribution in [1.29, 1.82) is 0 Å². The predicted molar refractivity (Wildman–Crippen MR) is 120 cm³/mol. The highest BCUT2D eigenvalue weighted by atomic mass is 16.1. The van der Waals surface area contributed by atoms with E-state index in [2.05, 4.69) is 58.4 Å². The van der Waals surface area contributed by atoms with Gasteiger partial charge in [0.1, 0.15) is 5.69 Å². The lowest BCUT2D eigenvalue weighted by Crippen LogP contribution is -2.32. The summed E-state index contributed by atoms with van der Waals surface area (Å²) in [4.78, 5) is 23.9. The Morgan fingerprint density at radius 1 is 1.17 bits per heavy atom. The van der Waals surface area contributed by atoms with E-state index in [1.165, 1.54) is 18.5 Å². The largest absolute Gasteiger partial charge is 0.372 e. The number of carbonyl (C=O) groups excluding carboxylic acids is 1. The molecule has 0 bridgehead atoms. The summed E-state index contributed by atoms with van der Waals surface area (Å²) in [6, 6.07) is 9.79. The molecule has 6 heteroatoms. The van der Waals surface area contributed by atoms with Gasteiger partial charge in [-0.2, -0.15) is 0 Å². The molecule has 2 heterocycles. The van der Waals surface area contributed by atoms with Crippen molar-refractivity contribution in [1.82, 2.24) is 9.97 Å². The zero-order valence-corrected chi connectivity index (χ0v) is 18.0. The number of aryl methyl sites for hydroxylation is 1. The third kappa shape index (κ3) is 6.17. The Bertz CT molecular complexity index is 811. The molecule has 1 aliphatic rings. The Kier molecular flexibility index (Phi) is 7.07. The van der Waals surface area contributed by atoms with Crippen LogP contribution >= 0.6 is 0 Å². The van der Waals surface area contributed by atoms with Gasteiger partial charge in [0.25, 0.3) is 5.91 Å². The molecule has 0 radical (unpaired) electrons. The Balaban J connectivity index is 1.61. The molecule has 1 aromatic carbocycles. The minimum Gasteiger partial charge on any atom is -0.372 e. The maximum atomic E-state index is 12.7. The molecule has 0 unspecified atom stereocenters. The number of nitrogens with zero attached hydrogens (tertiary/aromatic N) is 3. The second kappa shape index (κ2) is 9.72. The van der Waals surface area contributed by atoms with Crippen LogP contribution in [0.25, 0.3) is 0 Å². The molecule has 0 aliphatic carbocycles. The predicted octanol–water partition coefficient (Wildman–Crippen LogP) is 4.73. The number of hydrogen-bond donors (Lipinski definition) is 2. The van der Waals surface area contributed by atoms with E-state index < -0.39 is 0 Å². The van der Waals surface area contributed by atoms with Crippen LogP contribution < -0.4 is 15.5 Å². The summed E-state index contributed by atoms with van der Waals surface area (Å²) in [5.74, 6) is 1.70. The van der Waals surface area contributed by atoms with Gasteiger partial charge in [-0.05, 0) is 68.4 Å². The number of nitrogens with one attached hydrogen (secondary N) is 2. The zero-order chi connectivity index (χ0) is 20.8. The molecule has 29 heavy (non-hydrogen) atoms. The molecular formula is C23H33N5O. The van der Waals surface area contributed by atoms with Crippen molar-refractivity contribution < 1.29 is 4.79 Å². The minimum absolute atomic E-state index is 0.220. The normalized spacial score (nSPS) is 14.9. The van der Waals surface area contributed by atoms with E-state index in [0.717, 1.165) is 43.4 Å². The van der Waals surface area contributed by atoms with Crippen LogP contribution in [-0.2, 0) is 0 Å². The van der Waals surface area contributed by atoms with Crippen molar-refractivity contribution in [3.05, 3.63) is 41.7 Å². The molecular weight excluding hydrogens is 362 g/mol. The molecule has 2 aromatic rings. The van der Waals surface area contributed by atoms with Crippen LogP contribution in [-0.4, -0.2) is 35.5 Å². The Labute approximate surface area is 174 Å². The standard InChI is InChI=1S/C23H33N5O/c1-16(2)9-12-24-23-25-18(4)15-21(27-23)22(29)26-19-5-7-20(8-6-19)28-13-10-17(3)11-14-28/h5-8,15-17H,9-14H2,1-4H3,(H,26,29)(H,24,25,27). The molecule has 0 atom stereocenters. The Morgan fingerprint density at radius 2 is 1.86 bits per heavy atom. The van der Waals surface area contributed by atoms with Crippen molar-refractivity contribution in [2.75, 3.05) is 35.2 Å². The van der Waals surface area contributed by atoms with E-state index in [4.69, 9.17) is 0 Å². The summed E-state index contributed by atoms with van der Waals surface area (Å²) >= 11 is 0. The average molecular weight is 396 g/mol. The summed E-state index contributed by atoms with van der Waals surface area (Å²) in [6.45, 7) is 11.5. The van der Waals surface area contributed by atoms with Gasteiger partial charge in [-0.1, -0.05) is 20.8 Å². The van der Waals surface area contributed by atoms with Gasteiger partial charge in [-0.3, -0.25) is 4.79 Å². The molecule has 1 saturated heterocycles. The molecule has 0 spiro atoms. The van der Waals surface area contributed by atoms with E-state index in [1.807, 2.05) is 19.1 Å².